The van der Waals surface area contributed by atoms with Gasteiger partial charge in [-0.3, -0.25) is 9.69 Å². The van der Waals surface area contributed by atoms with Crippen molar-refractivity contribution in [2.24, 2.45) is 0 Å². The van der Waals surface area contributed by atoms with E-state index in [2.05, 4.69) is 17.1 Å². The number of para-hydroxylation sites is 1. The first-order valence-electron chi connectivity index (χ1n) is 7.75. The van der Waals surface area contributed by atoms with Crippen molar-refractivity contribution >= 4 is 16.9 Å². The lowest BCUT2D eigenvalue weighted by molar-refractivity contribution is 0.0904. The third-order valence-electron chi connectivity index (χ3n) is 4.22. The van der Waals surface area contributed by atoms with Crippen molar-refractivity contribution in [3.05, 3.63) is 36.1 Å². The lowest BCUT2D eigenvalue weighted by Crippen LogP contribution is -2.44. The minimum Gasteiger partial charge on any atom is -0.451 e. The Bertz CT molecular complexity index is 581. The molecule has 0 saturated carbocycles. The fourth-order valence-corrected chi connectivity index (χ4v) is 2.91. The number of hydrogen-bond donors (Lipinski definition) is 1. The number of fused-ring (bicyclic) bond motifs is 1. The number of nitrogens with one attached hydrogen (secondary N) is 1. The normalized spacial score (nSPS) is 17.8. The number of carbonyl (C=O) groups is 1. The van der Waals surface area contributed by atoms with E-state index in [1.54, 1.807) is 6.07 Å². The van der Waals surface area contributed by atoms with Gasteiger partial charge in [0.05, 0.1) is 0 Å². The molecule has 21 heavy (non-hydrogen) atoms. The van der Waals surface area contributed by atoms with Crippen molar-refractivity contribution < 1.29 is 9.21 Å². The fraction of sp³-hybridized carbons (Fsp3) is 0.471. The quantitative estimate of drug-likeness (QED) is 0.939. The van der Waals surface area contributed by atoms with Gasteiger partial charge >= 0.3 is 0 Å². The molecular weight excluding hydrogens is 264 g/mol. The van der Waals surface area contributed by atoms with Crippen LogP contribution >= 0.6 is 0 Å². The maximum atomic E-state index is 12.2. The highest BCUT2D eigenvalue weighted by Crippen LogP contribution is 2.18. The summed E-state index contributed by atoms with van der Waals surface area (Å²) in [4.78, 5) is 14.6. The summed E-state index contributed by atoms with van der Waals surface area (Å²) >= 11 is 0. The number of piperidine rings is 1. The fourth-order valence-electron chi connectivity index (χ4n) is 2.91. The molecular formula is C17H22N2O2. The molecule has 1 aromatic heterocycles. The predicted octanol–water partition coefficient (Wildman–Crippen LogP) is 3.04. The highest BCUT2D eigenvalue weighted by molar-refractivity contribution is 5.96. The number of likely N-dealkylation sites (tertiary alicyclic amines) is 1. The molecule has 1 amide bonds. The summed E-state index contributed by atoms with van der Waals surface area (Å²) in [5, 5.41) is 3.95. The summed E-state index contributed by atoms with van der Waals surface area (Å²) in [6, 6.07) is 9.85. The largest absolute Gasteiger partial charge is 0.451 e. The van der Waals surface area contributed by atoms with Gasteiger partial charge in [-0.25, -0.2) is 0 Å². The maximum absolute atomic E-state index is 12.2. The van der Waals surface area contributed by atoms with Crippen LogP contribution in [-0.2, 0) is 0 Å². The first-order chi connectivity index (χ1) is 10.2. The molecule has 1 saturated heterocycles. The van der Waals surface area contributed by atoms with E-state index in [0.29, 0.717) is 18.3 Å². The molecule has 0 spiro atoms. The van der Waals surface area contributed by atoms with E-state index in [1.165, 1.54) is 19.3 Å². The summed E-state index contributed by atoms with van der Waals surface area (Å²) in [7, 11) is 0. The van der Waals surface area contributed by atoms with E-state index >= 15 is 0 Å². The number of furan rings is 1. The first kappa shape index (κ1) is 14.1. The van der Waals surface area contributed by atoms with Crippen LogP contribution in [0.5, 0.6) is 0 Å². The Kier molecular flexibility index (Phi) is 4.25. The Morgan fingerprint density at radius 3 is 2.81 bits per heavy atom. The maximum Gasteiger partial charge on any atom is 0.287 e. The molecule has 1 aliphatic rings. The van der Waals surface area contributed by atoms with E-state index in [9.17, 15) is 4.79 Å². The summed E-state index contributed by atoms with van der Waals surface area (Å²) in [6.07, 6.45) is 3.86. The molecule has 112 valence electrons. The predicted molar refractivity (Wildman–Crippen MR) is 83.4 cm³/mol. The van der Waals surface area contributed by atoms with Crippen LogP contribution in [-0.4, -0.2) is 36.5 Å². The van der Waals surface area contributed by atoms with Crippen molar-refractivity contribution in [3.63, 3.8) is 0 Å². The second-order valence-corrected chi connectivity index (χ2v) is 5.80. The van der Waals surface area contributed by atoms with Crippen LogP contribution < -0.4 is 5.32 Å². The van der Waals surface area contributed by atoms with E-state index in [1.807, 2.05) is 24.3 Å². The Balaban J connectivity index is 1.58. The molecule has 4 heteroatoms. The van der Waals surface area contributed by atoms with E-state index in [-0.39, 0.29) is 5.91 Å². The number of hydrogen-bond acceptors (Lipinski definition) is 3. The number of benzene rings is 1. The Hall–Kier alpha value is -1.81. The molecule has 1 aliphatic heterocycles. The van der Waals surface area contributed by atoms with E-state index < -0.39 is 0 Å². The third-order valence-corrected chi connectivity index (χ3v) is 4.22. The molecule has 0 radical (unpaired) electrons. The molecule has 0 bridgehead atoms. The number of rotatable bonds is 4. The molecule has 2 aromatic rings. The molecule has 1 aromatic carbocycles. The highest BCUT2D eigenvalue weighted by Gasteiger charge is 2.18. The zero-order valence-electron chi connectivity index (χ0n) is 12.5. The van der Waals surface area contributed by atoms with E-state index in [0.717, 1.165) is 24.1 Å². The van der Waals surface area contributed by atoms with Gasteiger partial charge in [0, 0.05) is 18.0 Å². The SMILES string of the molecule is C[C@@H](CNC(=O)c1cc2ccccc2o1)N1CCCCC1. The van der Waals surface area contributed by atoms with Crippen LogP contribution in [0.3, 0.4) is 0 Å². The minimum absolute atomic E-state index is 0.130. The number of nitrogens with zero attached hydrogens (tertiary/aromatic N) is 1. The van der Waals surface area contributed by atoms with Gasteiger partial charge in [0.15, 0.2) is 5.76 Å². The van der Waals surface area contributed by atoms with Crippen molar-refractivity contribution in [2.45, 2.75) is 32.2 Å². The van der Waals surface area contributed by atoms with Gasteiger partial charge in [0.2, 0.25) is 0 Å². The third kappa shape index (κ3) is 3.27. The average molecular weight is 286 g/mol. The molecule has 1 fully saturated rings. The van der Waals surface area contributed by atoms with Crippen LogP contribution in [0.25, 0.3) is 11.0 Å². The monoisotopic (exact) mass is 286 g/mol. The summed E-state index contributed by atoms with van der Waals surface area (Å²) in [5.74, 6) is 0.261. The lowest BCUT2D eigenvalue weighted by Gasteiger charge is -2.32. The molecule has 0 unspecified atom stereocenters. The summed E-state index contributed by atoms with van der Waals surface area (Å²) < 4.78 is 5.58. The Morgan fingerprint density at radius 2 is 2.05 bits per heavy atom. The highest BCUT2D eigenvalue weighted by atomic mass is 16.3. The second-order valence-electron chi connectivity index (χ2n) is 5.80. The first-order valence-corrected chi connectivity index (χ1v) is 7.75. The van der Waals surface area contributed by atoms with Crippen LogP contribution in [0.1, 0.15) is 36.7 Å². The van der Waals surface area contributed by atoms with Gasteiger partial charge in [-0.2, -0.15) is 0 Å². The van der Waals surface area contributed by atoms with Gasteiger partial charge in [0.1, 0.15) is 5.58 Å². The number of amides is 1. The van der Waals surface area contributed by atoms with E-state index in [4.69, 9.17) is 4.42 Å². The Labute approximate surface area is 125 Å². The Morgan fingerprint density at radius 1 is 1.29 bits per heavy atom. The standard InChI is InChI=1S/C17H22N2O2/c1-13(19-9-5-2-6-10-19)12-18-17(20)16-11-14-7-3-4-8-15(14)21-16/h3-4,7-8,11,13H,2,5-6,9-10,12H2,1H3,(H,18,20)/t13-/m0/s1. The van der Waals surface area contributed by atoms with Crippen LogP contribution in [0.15, 0.2) is 34.7 Å². The van der Waals surface area contributed by atoms with Crippen LogP contribution in [0.4, 0.5) is 0 Å². The summed E-state index contributed by atoms with van der Waals surface area (Å²) in [6.45, 7) is 5.11. The van der Waals surface area contributed by atoms with Gasteiger partial charge in [-0.05, 0) is 45.0 Å². The molecule has 1 N–H and O–H groups in total. The second kappa shape index (κ2) is 6.31. The van der Waals surface area contributed by atoms with Gasteiger partial charge in [-0.15, -0.1) is 0 Å². The zero-order chi connectivity index (χ0) is 14.7. The van der Waals surface area contributed by atoms with Gasteiger partial charge in [-0.1, -0.05) is 24.6 Å². The molecule has 4 nitrogen and oxygen atoms in total. The van der Waals surface area contributed by atoms with Gasteiger partial charge < -0.3 is 9.73 Å². The molecule has 2 heterocycles. The molecule has 1 atom stereocenters. The molecule has 3 rings (SSSR count). The molecule has 0 aliphatic carbocycles. The van der Waals surface area contributed by atoms with Crippen molar-refractivity contribution in [2.75, 3.05) is 19.6 Å². The van der Waals surface area contributed by atoms with Crippen molar-refractivity contribution in [1.29, 1.82) is 0 Å². The van der Waals surface area contributed by atoms with Crippen LogP contribution in [0, 0.1) is 0 Å². The summed E-state index contributed by atoms with van der Waals surface area (Å²) in [5.41, 5.74) is 0.756. The minimum atomic E-state index is -0.130. The smallest absolute Gasteiger partial charge is 0.287 e. The van der Waals surface area contributed by atoms with Crippen molar-refractivity contribution in [3.8, 4) is 0 Å². The topological polar surface area (TPSA) is 45.5 Å². The van der Waals surface area contributed by atoms with Crippen molar-refractivity contribution in [1.82, 2.24) is 10.2 Å². The average Bonchev–Trinajstić information content (AvgIpc) is 2.97. The zero-order valence-corrected chi connectivity index (χ0v) is 12.5. The van der Waals surface area contributed by atoms with Gasteiger partial charge in [0.25, 0.3) is 5.91 Å². The van der Waals surface area contributed by atoms with Crippen LogP contribution in [0.2, 0.25) is 0 Å². The lowest BCUT2D eigenvalue weighted by atomic mass is 10.1. The number of carbonyl (C=O) groups excluding carboxylic acids is 1.